The Hall–Kier alpha value is -4.26. The van der Waals surface area contributed by atoms with Gasteiger partial charge in [-0.3, -0.25) is 9.98 Å². The van der Waals surface area contributed by atoms with Gasteiger partial charge in [-0.2, -0.15) is 0 Å². The molecule has 4 rings (SSSR count). The van der Waals surface area contributed by atoms with Gasteiger partial charge in [0.1, 0.15) is 17.2 Å². The minimum atomic E-state index is -0.963. The number of hydrogen-bond donors (Lipinski definition) is 0. The van der Waals surface area contributed by atoms with E-state index in [9.17, 15) is 8.78 Å². The van der Waals surface area contributed by atoms with Crippen LogP contribution >= 0.6 is 0 Å². The van der Waals surface area contributed by atoms with Crippen molar-refractivity contribution in [3.63, 3.8) is 0 Å². The maximum Gasteiger partial charge on any atom is 0.169 e. The smallest absolute Gasteiger partial charge is 0.169 e. The van der Waals surface area contributed by atoms with Crippen molar-refractivity contribution in [3.05, 3.63) is 108 Å². The molecule has 0 unspecified atom stereocenters. The summed E-state index contributed by atoms with van der Waals surface area (Å²) in [5.41, 5.74) is 5.58. The van der Waals surface area contributed by atoms with Crippen LogP contribution in [0.1, 0.15) is 55.8 Å². The van der Waals surface area contributed by atoms with Gasteiger partial charge in [0.05, 0.1) is 11.3 Å². The first kappa shape index (κ1) is 30.3. The second-order valence-electron chi connectivity index (χ2n) is 8.98. The summed E-state index contributed by atoms with van der Waals surface area (Å²) in [6, 6.07) is 14.5. The number of nitrogens with zero attached hydrogens (tertiary/aromatic N) is 4. The van der Waals surface area contributed by atoms with E-state index in [4.69, 9.17) is 4.42 Å². The summed E-state index contributed by atoms with van der Waals surface area (Å²) >= 11 is 0. The summed E-state index contributed by atoms with van der Waals surface area (Å²) in [5, 5.41) is 0. The maximum atomic E-state index is 14.3. The van der Waals surface area contributed by atoms with E-state index in [0.29, 0.717) is 24.3 Å². The molecular formula is C33H36F2N4O. The monoisotopic (exact) mass is 542 g/mol. The number of amidine groups is 1. The van der Waals surface area contributed by atoms with Crippen molar-refractivity contribution in [1.29, 1.82) is 0 Å². The van der Waals surface area contributed by atoms with Gasteiger partial charge in [-0.05, 0) is 56.0 Å². The van der Waals surface area contributed by atoms with E-state index in [1.165, 1.54) is 12.1 Å². The SMILES string of the molecule is C=C.CCCC(=NCC)c1ccc(-c2cc(CC/C=C3/N=C(c4cccc(F)c4F)N=C3C=NC)oc2C)cc1. The second-order valence-corrected chi connectivity index (χ2v) is 8.98. The molecule has 1 aliphatic heterocycles. The van der Waals surface area contributed by atoms with Crippen LogP contribution in [0.3, 0.4) is 0 Å². The first-order valence-corrected chi connectivity index (χ1v) is 13.4. The van der Waals surface area contributed by atoms with Crippen molar-refractivity contribution < 1.29 is 13.2 Å². The highest BCUT2D eigenvalue weighted by molar-refractivity contribution is 6.42. The highest BCUT2D eigenvalue weighted by Gasteiger charge is 2.20. The van der Waals surface area contributed by atoms with E-state index in [1.807, 2.05) is 13.0 Å². The molecule has 0 aliphatic carbocycles. The summed E-state index contributed by atoms with van der Waals surface area (Å²) in [7, 11) is 1.63. The minimum Gasteiger partial charge on any atom is -0.466 e. The molecule has 208 valence electrons. The van der Waals surface area contributed by atoms with Gasteiger partial charge in [-0.25, -0.2) is 18.8 Å². The van der Waals surface area contributed by atoms with E-state index in [0.717, 1.165) is 59.4 Å². The molecule has 0 saturated heterocycles. The molecule has 2 aromatic carbocycles. The number of furan rings is 1. The van der Waals surface area contributed by atoms with Crippen LogP contribution in [0.2, 0.25) is 0 Å². The van der Waals surface area contributed by atoms with Crippen LogP contribution in [0.4, 0.5) is 8.78 Å². The van der Waals surface area contributed by atoms with Crippen LogP contribution in [0.25, 0.3) is 11.1 Å². The van der Waals surface area contributed by atoms with Crippen LogP contribution in [-0.4, -0.2) is 37.1 Å². The largest absolute Gasteiger partial charge is 0.466 e. The molecule has 1 aromatic heterocycles. The molecule has 1 aliphatic rings. The van der Waals surface area contributed by atoms with Gasteiger partial charge in [-0.15, -0.1) is 13.2 Å². The van der Waals surface area contributed by atoms with Crippen LogP contribution in [0.15, 0.2) is 97.8 Å². The Labute approximate surface area is 235 Å². The lowest BCUT2D eigenvalue weighted by Gasteiger charge is -2.07. The zero-order valence-corrected chi connectivity index (χ0v) is 23.7. The zero-order valence-electron chi connectivity index (χ0n) is 23.7. The predicted octanol–water partition coefficient (Wildman–Crippen LogP) is 8.36. The molecule has 5 nitrogen and oxygen atoms in total. The molecule has 0 amide bonds. The van der Waals surface area contributed by atoms with Crippen LogP contribution in [0.5, 0.6) is 0 Å². The Bertz CT molecular complexity index is 1460. The second kappa shape index (κ2) is 14.8. The zero-order chi connectivity index (χ0) is 29.1. The van der Waals surface area contributed by atoms with Crippen molar-refractivity contribution in [2.45, 2.75) is 46.5 Å². The van der Waals surface area contributed by atoms with Gasteiger partial charge < -0.3 is 4.42 Å². The Balaban J connectivity index is 0.00000216. The van der Waals surface area contributed by atoms with Gasteiger partial charge in [0.25, 0.3) is 0 Å². The van der Waals surface area contributed by atoms with E-state index >= 15 is 0 Å². The number of halogens is 2. The standard InChI is InChI=1S/C31H32F2N4O.C2H4/c1-5-9-27(35-6-2)22-16-14-21(15-17-22)25-18-23(38-20(25)3)10-7-13-28-29(19-34-4)37-31(36-28)24-11-8-12-26(32)30(24)33;1-2/h8,11-19H,5-7,9-10H2,1-4H3;1-2H2/b28-13+,34-19?,35-27?;. The van der Waals surface area contributed by atoms with Crippen LogP contribution < -0.4 is 0 Å². The molecule has 0 N–H and O–H groups in total. The summed E-state index contributed by atoms with van der Waals surface area (Å²) in [6.45, 7) is 13.0. The van der Waals surface area contributed by atoms with Crippen molar-refractivity contribution in [1.82, 2.24) is 0 Å². The predicted molar refractivity (Wildman–Crippen MR) is 163 cm³/mol. The fourth-order valence-corrected chi connectivity index (χ4v) is 4.42. The molecule has 0 atom stereocenters. The number of benzene rings is 2. The molecule has 0 saturated carbocycles. The van der Waals surface area contributed by atoms with Crippen LogP contribution in [-0.2, 0) is 6.42 Å². The lowest BCUT2D eigenvalue weighted by Crippen LogP contribution is -2.02. The highest BCUT2D eigenvalue weighted by Crippen LogP contribution is 2.28. The number of aliphatic imine (C=N–C) groups is 4. The van der Waals surface area contributed by atoms with Crippen molar-refractivity contribution in [3.8, 4) is 11.1 Å². The van der Waals surface area contributed by atoms with Crippen LogP contribution in [0, 0.1) is 18.6 Å². The van der Waals surface area contributed by atoms with E-state index in [2.05, 4.69) is 77.3 Å². The summed E-state index contributed by atoms with van der Waals surface area (Å²) in [5.74, 6) is -0.0421. The molecule has 3 aromatic rings. The molecular weight excluding hydrogens is 506 g/mol. The fourth-order valence-electron chi connectivity index (χ4n) is 4.42. The molecule has 7 heteroatoms. The maximum absolute atomic E-state index is 14.3. The molecule has 0 bridgehead atoms. The van der Waals surface area contributed by atoms with Crippen molar-refractivity contribution in [2.24, 2.45) is 20.0 Å². The number of hydrogen-bond acceptors (Lipinski definition) is 5. The minimum absolute atomic E-state index is 0.0236. The van der Waals surface area contributed by atoms with E-state index in [-0.39, 0.29) is 11.4 Å². The van der Waals surface area contributed by atoms with E-state index in [1.54, 1.807) is 13.3 Å². The van der Waals surface area contributed by atoms with Gasteiger partial charge in [-0.1, -0.05) is 49.8 Å². The summed E-state index contributed by atoms with van der Waals surface area (Å²) < 4.78 is 34.0. The van der Waals surface area contributed by atoms with Gasteiger partial charge in [0, 0.05) is 37.5 Å². The Morgan fingerprint density at radius 1 is 1.02 bits per heavy atom. The Kier molecular flexibility index (Phi) is 11.2. The normalized spacial score (nSPS) is 14.3. The summed E-state index contributed by atoms with van der Waals surface area (Å²) in [6.07, 6.45) is 6.80. The van der Waals surface area contributed by atoms with Gasteiger partial charge in [0.15, 0.2) is 17.5 Å². The van der Waals surface area contributed by atoms with Gasteiger partial charge >= 0.3 is 0 Å². The lowest BCUT2D eigenvalue weighted by molar-refractivity contribution is 0.484. The summed E-state index contributed by atoms with van der Waals surface area (Å²) in [4.78, 5) is 17.5. The average molecular weight is 543 g/mol. The molecule has 0 radical (unpaired) electrons. The quantitative estimate of drug-likeness (QED) is 0.188. The van der Waals surface area contributed by atoms with E-state index < -0.39 is 11.6 Å². The highest BCUT2D eigenvalue weighted by atomic mass is 19.2. The van der Waals surface area contributed by atoms with Crippen molar-refractivity contribution in [2.75, 3.05) is 13.6 Å². The van der Waals surface area contributed by atoms with Gasteiger partial charge in [0.2, 0.25) is 0 Å². The molecule has 0 spiro atoms. The first-order valence-electron chi connectivity index (χ1n) is 13.4. The third-order valence-corrected chi connectivity index (χ3v) is 6.22. The molecule has 0 fully saturated rings. The fraction of sp³-hybridized carbons (Fsp3) is 0.273. The Morgan fingerprint density at radius 3 is 2.45 bits per heavy atom. The number of aryl methyl sites for hydroxylation is 2. The topological polar surface area (TPSA) is 62.6 Å². The third kappa shape index (κ3) is 7.23. The first-order chi connectivity index (χ1) is 19.4. The number of allylic oxidation sites excluding steroid dienone is 2. The van der Waals surface area contributed by atoms with Crippen molar-refractivity contribution >= 4 is 23.5 Å². The molecule has 40 heavy (non-hydrogen) atoms. The number of rotatable bonds is 10. The molecule has 2 heterocycles. The lowest BCUT2D eigenvalue weighted by atomic mass is 10.0. The Morgan fingerprint density at radius 2 is 1.77 bits per heavy atom. The average Bonchev–Trinajstić information content (AvgIpc) is 3.54. The third-order valence-electron chi connectivity index (χ3n) is 6.22.